The van der Waals surface area contributed by atoms with Gasteiger partial charge >= 0.3 is 0 Å². The van der Waals surface area contributed by atoms with Gasteiger partial charge in [-0.3, -0.25) is 4.79 Å². The third kappa shape index (κ3) is 4.94. The zero-order valence-electron chi connectivity index (χ0n) is 10.6. The SMILES string of the molecule is CC(C)Oc1ccc(NC(=O)CCCO)cc1Cl. The number of carbonyl (C=O) groups is 1. The van der Waals surface area contributed by atoms with Crippen molar-refractivity contribution < 1.29 is 14.6 Å². The highest BCUT2D eigenvalue weighted by Crippen LogP contribution is 2.28. The lowest BCUT2D eigenvalue weighted by Gasteiger charge is -2.12. The molecule has 4 nitrogen and oxygen atoms in total. The molecule has 0 fully saturated rings. The van der Waals surface area contributed by atoms with Crippen LogP contribution >= 0.6 is 11.6 Å². The Labute approximate surface area is 112 Å². The summed E-state index contributed by atoms with van der Waals surface area (Å²) in [6.07, 6.45) is 0.791. The van der Waals surface area contributed by atoms with E-state index in [9.17, 15) is 4.79 Å². The Hall–Kier alpha value is -1.26. The van der Waals surface area contributed by atoms with Crippen molar-refractivity contribution in [3.05, 3.63) is 23.2 Å². The second-order valence-corrected chi connectivity index (χ2v) is 4.59. The Morgan fingerprint density at radius 2 is 2.22 bits per heavy atom. The molecule has 5 heteroatoms. The van der Waals surface area contributed by atoms with Gasteiger partial charge in [0.15, 0.2) is 0 Å². The van der Waals surface area contributed by atoms with Crippen LogP contribution in [0.15, 0.2) is 18.2 Å². The van der Waals surface area contributed by atoms with Crippen LogP contribution < -0.4 is 10.1 Å². The van der Waals surface area contributed by atoms with E-state index in [4.69, 9.17) is 21.4 Å². The van der Waals surface area contributed by atoms with E-state index in [1.54, 1.807) is 18.2 Å². The summed E-state index contributed by atoms with van der Waals surface area (Å²) in [5.41, 5.74) is 0.624. The zero-order valence-corrected chi connectivity index (χ0v) is 11.3. The van der Waals surface area contributed by atoms with Gasteiger partial charge in [0.25, 0.3) is 0 Å². The van der Waals surface area contributed by atoms with Crippen LogP contribution in [0.1, 0.15) is 26.7 Å². The van der Waals surface area contributed by atoms with Gasteiger partial charge in [0.2, 0.25) is 5.91 Å². The molecule has 1 aromatic rings. The van der Waals surface area contributed by atoms with Gasteiger partial charge in [0.1, 0.15) is 5.75 Å². The summed E-state index contributed by atoms with van der Waals surface area (Å²) >= 11 is 6.04. The summed E-state index contributed by atoms with van der Waals surface area (Å²) in [6.45, 7) is 3.84. The van der Waals surface area contributed by atoms with Crippen molar-refractivity contribution in [1.29, 1.82) is 0 Å². The van der Waals surface area contributed by atoms with Crippen molar-refractivity contribution in [3.8, 4) is 5.75 Å². The predicted octanol–water partition coefficient (Wildman–Crippen LogP) is 2.84. The Morgan fingerprint density at radius 3 is 2.78 bits per heavy atom. The van der Waals surface area contributed by atoms with Crippen molar-refractivity contribution in [1.82, 2.24) is 0 Å². The molecule has 0 saturated carbocycles. The summed E-state index contributed by atoms with van der Waals surface area (Å²) < 4.78 is 5.49. The standard InChI is InChI=1S/C13H18ClNO3/c1-9(2)18-12-6-5-10(8-11(12)14)15-13(17)4-3-7-16/h5-6,8-9,16H,3-4,7H2,1-2H3,(H,15,17). The lowest BCUT2D eigenvalue weighted by molar-refractivity contribution is -0.116. The topological polar surface area (TPSA) is 58.6 Å². The van der Waals surface area contributed by atoms with Gasteiger partial charge < -0.3 is 15.2 Å². The number of anilines is 1. The zero-order chi connectivity index (χ0) is 13.5. The minimum Gasteiger partial charge on any atom is -0.489 e. The summed E-state index contributed by atoms with van der Waals surface area (Å²) in [4.78, 5) is 11.4. The fourth-order valence-corrected chi connectivity index (χ4v) is 1.62. The lowest BCUT2D eigenvalue weighted by Crippen LogP contribution is -2.12. The minimum absolute atomic E-state index is 0.00927. The maximum atomic E-state index is 11.4. The van der Waals surface area contributed by atoms with Crippen molar-refractivity contribution >= 4 is 23.2 Å². The molecule has 0 aromatic heterocycles. The molecule has 100 valence electrons. The molecule has 0 spiro atoms. The van der Waals surface area contributed by atoms with E-state index in [1.807, 2.05) is 13.8 Å². The maximum Gasteiger partial charge on any atom is 0.224 e. The van der Waals surface area contributed by atoms with E-state index in [0.29, 0.717) is 29.3 Å². The van der Waals surface area contributed by atoms with E-state index in [1.165, 1.54) is 0 Å². The highest BCUT2D eigenvalue weighted by atomic mass is 35.5. The summed E-state index contributed by atoms with van der Waals surface area (Å²) in [5, 5.41) is 11.8. The minimum atomic E-state index is -0.141. The molecule has 1 amide bonds. The molecular formula is C13H18ClNO3. The monoisotopic (exact) mass is 271 g/mol. The first-order chi connectivity index (χ1) is 8.52. The average Bonchev–Trinajstić information content (AvgIpc) is 2.29. The molecular weight excluding hydrogens is 254 g/mol. The van der Waals surface area contributed by atoms with Crippen LogP contribution in [0.25, 0.3) is 0 Å². The lowest BCUT2D eigenvalue weighted by atomic mass is 10.2. The number of aliphatic hydroxyl groups is 1. The molecule has 18 heavy (non-hydrogen) atoms. The normalized spacial score (nSPS) is 10.5. The third-order valence-corrected chi connectivity index (χ3v) is 2.44. The number of benzene rings is 1. The van der Waals surface area contributed by atoms with E-state index in [0.717, 1.165) is 0 Å². The Kier molecular flexibility index (Phi) is 5.95. The van der Waals surface area contributed by atoms with E-state index >= 15 is 0 Å². The highest BCUT2D eigenvalue weighted by molar-refractivity contribution is 6.32. The molecule has 0 bridgehead atoms. The molecule has 0 aliphatic carbocycles. The van der Waals surface area contributed by atoms with Gasteiger partial charge in [-0.1, -0.05) is 11.6 Å². The van der Waals surface area contributed by atoms with Gasteiger partial charge in [-0.25, -0.2) is 0 Å². The Bertz CT molecular complexity index is 407. The number of nitrogens with one attached hydrogen (secondary N) is 1. The van der Waals surface area contributed by atoms with Crippen LogP contribution in [0.3, 0.4) is 0 Å². The fraction of sp³-hybridized carbons (Fsp3) is 0.462. The molecule has 0 aliphatic heterocycles. The average molecular weight is 272 g/mol. The third-order valence-electron chi connectivity index (χ3n) is 2.14. The van der Waals surface area contributed by atoms with Crippen LogP contribution in [0.4, 0.5) is 5.69 Å². The molecule has 0 unspecified atom stereocenters. The number of aliphatic hydroxyl groups excluding tert-OH is 1. The van der Waals surface area contributed by atoms with E-state index in [2.05, 4.69) is 5.32 Å². The molecule has 0 heterocycles. The van der Waals surface area contributed by atoms with Gasteiger partial charge in [0.05, 0.1) is 11.1 Å². The fourth-order valence-electron chi connectivity index (χ4n) is 1.39. The van der Waals surface area contributed by atoms with Gasteiger partial charge in [-0.2, -0.15) is 0 Å². The summed E-state index contributed by atoms with van der Waals surface area (Å²) in [5.74, 6) is 0.456. The summed E-state index contributed by atoms with van der Waals surface area (Å²) in [7, 11) is 0. The maximum absolute atomic E-state index is 11.4. The number of carbonyl (C=O) groups excluding carboxylic acids is 1. The first-order valence-corrected chi connectivity index (χ1v) is 6.27. The van der Waals surface area contributed by atoms with Crippen LogP contribution in [0.2, 0.25) is 5.02 Å². The molecule has 2 N–H and O–H groups in total. The van der Waals surface area contributed by atoms with Crippen molar-refractivity contribution in [2.45, 2.75) is 32.8 Å². The number of ether oxygens (including phenoxy) is 1. The van der Waals surface area contributed by atoms with Gasteiger partial charge in [-0.15, -0.1) is 0 Å². The molecule has 0 atom stereocenters. The first kappa shape index (κ1) is 14.8. The summed E-state index contributed by atoms with van der Waals surface area (Å²) in [6, 6.07) is 5.11. The molecule has 0 radical (unpaired) electrons. The van der Waals surface area contributed by atoms with E-state index in [-0.39, 0.29) is 18.6 Å². The van der Waals surface area contributed by atoms with E-state index < -0.39 is 0 Å². The van der Waals surface area contributed by atoms with Crippen molar-refractivity contribution in [3.63, 3.8) is 0 Å². The van der Waals surface area contributed by atoms with Crippen LogP contribution in [-0.2, 0) is 4.79 Å². The number of hydrogen-bond donors (Lipinski definition) is 2. The second-order valence-electron chi connectivity index (χ2n) is 4.19. The second kappa shape index (κ2) is 7.24. The largest absolute Gasteiger partial charge is 0.489 e. The van der Waals surface area contributed by atoms with Gasteiger partial charge in [-0.05, 0) is 38.5 Å². The Morgan fingerprint density at radius 1 is 1.50 bits per heavy atom. The first-order valence-electron chi connectivity index (χ1n) is 5.90. The molecule has 1 aromatic carbocycles. The van der Waals surface area contributed by atoms with Crippen LogP contribution in [0, 0.1) is 0 Å². The van der Waals surface area contributed by atoms with Crippen LogP contribution in [-0.4, -0.2) is 23.7 Å². The molecule has 0 aliphatic rings. The number of amides is 1. The quantitative estimate of drug-likeness (QED) is 0.836. The van der Waals surface area contributed by atoms with Crippen molar-refractivity contribution in [2.24, 2.45) is 0 Å². The Balaban J connectivity index is 2.63. The van der Waals surface area contributed by atoms with Gasteiger partial charge in [0, 0.05) is 18.7 Å². The number of rotatable bonds is 6. The van der Waals surface area contributed by atoms with Crippen LogP contribution in [0.5, 0.6) is 5.75 Å². The number of halogens is 1. The smallest absolute Gasteiger partial charge is 0.224 e. The highest BCUT2D eigenvalue weighted by Gasteiger charge is 2.07. The molecule has 0 saturated heterocycles. The molecule has 1 rings (SSSR count). The van der Waals surface area contributed by atoms with Crippen molar-refractivity contribution in [2.75, 3.05) is 11.9 Å². The number of hydrogen-bond acceptors (Lipinski definition) is 3. The predicted molar refractivity (Wildman–Crippen MR) is 72.2 cm³/mol.